The van der Waals surface area contributed by atoms with Crippen LogP contribution >= 0.6 is 0 Å². The van der Waals surface area contributed by atoms with Gasteiger partial charge in [0.2, 0.25) is 0 Å². The van der Waals surface area contributed by atoms with Gasteiger partial charge in [-0.2, -0.15) is 0 Å². The molecule has 0 amide bonds. The summed E-state index contributed by atoms with van der Waals surface area (Å²) >= 11 is 0. The Morgan fingerprint density at radius 1 is 1.29 bits per heavy atom. The number of carbonyl (C=O) groups is 1. The maximum atomic E-state index is 13.7. The van der Waals surface area contributed by atoms with Gasteiger partial charge in [0.15, 0.2) is 17.3 Å². The predicted molar refractivity (Wildman–Crippen MR) is 77.1 cm³/mol. The fraction of sp³-hybridized carbons (Fsp3) is 0.118. The topological polar surface area (TPSA) is 46.5 Å². The van der Waals surface area contributed by atoms with Crippen molar-refractivity contribution in [2.75, 3.05) is 7.11 Å². The van der Waals surface area contributed by atoms with E-state index in [1.807, 2.05) is 0 Å². The molecule has 21 heavy (non-hydrogen) atoms. The van der Waals surface area contributed by atoms with E-state index in [0.717, 1.165) is 0 Å². The van der Waals surface area contributed by atoms with Crippen LogP contribution in [0.2, 0.25) is 0 Å². The molecule has 4 heteroatoms. The Kier molecular flexibility index (Phi) is 3.22. The lowest BCUT2D eigenvalue weighted by atomic mass is 10.1. The molecule has 0 unspecified atom stereocenters. The highest BCUT2D eigenvalue weighted by molar-refractivity contribution is 6.15. The minimum absolute atomic E-state index is 0.000917. The summed E-state index contributed by atoms with van der Waals surface area (Å²) in [5.41, 5.74) is 2.04. The molecule has 106 valence electrons. The zero-order valence-electron chi connectivity index (χ0n) is 11.4. The third-order valence-corrected chi connectivity index (χ3v) is 3.57. The quantitative estimate of drug-likeness (QED) is 0.860. The molecule has 0 radical (unpaired) electrons. The number of allylic oxidation sites excluding steroid dienone is 1. The molecule has 3 nitrogen and oxygen atoms in total. The second-order valence-electron chi connectivity index (χ2n) is 4.87. The maximum Gasteiger partial charge on any atom is 0.189 e. The first-order valence-corrected chi connectivity index (χ1v) is 6.50. The average Bonchev–Trinajstić information content (AvgIpc) is 2.78. The Morgan fingerprint density at radius 3 is 2.76 bits per heavy atom. The maximum absolute atomic E-state index is 13.7. The second kappa shape index (κ2) is 5.05. The lowest BCUT2D eigenvalue weighted by Gasteiger charge is -2.04. The van der Waals surface area contributed by atoms with Gasteiger partial charge in [0, 0.05) is 23.1 Å². The highest BCUT2D eigenvalue weighted by Crippen LogP contribution is 2.31. The van der Waals surface area contributed by atoms with E-state index in [9.17, 15) is 14.3 Å². The number of carbonyl (C=O) groups excluding carboxylic acids is 1. The summed E-state index contributed by atoms with van der Waals surface area (Å²) in [7, 11) is 1.47. The molecule has 2 aromatic carbocycles. The van der Waals surface area contributed by atoms with Gasteiger partial charge < -0.3 is 9.84 Å². The lowest BCUT2D eigenvalue weighted by Crippen LogP contribution is -1.95. The molecule has 0 saturated heterocycles. The van der Waals surface area contributed by atoms with Crippen molar-refractivity contribution in [3.63, 3.8) is 0 Å². The van der Waals surface area contributed by atoms with Gasteiger partial charge in [-0.25, -0.2) is 4.39 Å². The van der Waals surface area contributed by atoms with Crippen LogP contribution in [0.1, 0.15) is 21.5 Å². The SMILES string of the molecule is COc1ccc(/C=C2\Cc3c(F)cccc3C2=O)cc1O. The molecule has 1 aliphatic rings. The summed E-state index contributed by atoms with van der Waals surface area (Å²) in [5, 5.41) is 9.75. The molecule has 1 aliphatic carbocycles. The Balaban J connectivity index is 1.98. The standard InChI is InChI=1S/C17H13FO3/c1-21-16-6-5-10(8-15(16)19)7-11-9-13-12(17(11)20)3-2-4-14(13)18/h2-8,19H,9H2,1H3/b11-7+. The highest BCUT2D eigenvalue weighted by Gasteiger charge is 2.27. The molecule has 0 saturated carbocycles. The van der Waals surface area contributed by atoms with E-state index in [0.29, 0.717) is 28.0 Å². The van der Waals surface area contributed by atoms with Gasteiger partial charge in [-0.3, -0.25) is 4.79 Å². The van der Waals surface area contributed by atoms with Crippen molar-refractivity contribution < 1.29 is 19.0 Å². The Labute approximate surface area is 121 Å². The van der Waals surface area contributed by atoms with E-state index in [1.54, 1.807) is 24.3 Å². The molecule has 0 aromatic heterocycles. The number of aromatic hydroxyl groups is 1. The van der Waals surface area contributed by atoms with Gasteiger partial charge in [0.05, 0.1) is 7.11 Å². The monoisotopic (exact) mass is 284 g/mol. The fourth-order valence-corrected chi connectivity index (χ4v) is 2.51. The predicted octanol–water partition coefficient (Wildman–Crippen LogP) is 3.36. The number of methoxy groups -OCH3 is 1. The number of fused-ring (bicyclic) bond motifs is 1. The van der Waals surface area contributed by atoms with E-state index in [4.69, 9.17) is 4.74 Å². The van der Waals surface area contributed by atoms with Gasteiger partial charge >= 0.3 is 0 Å². The van der Waals surface area contributed by atoms with Crippen LogP contribution in [0.5, 0.6) is 11.5 Å². The first-order valence-electron chi connectivity index (χ1n) is 6.50. The summed E-state index contributed by atoms with van der Waals surface area (Å²) in [6.45, 7) is 0. The van der Waals surface area contributed by atoms with E-state index in [-0.39, 0.29) is 23.8 Å². The normalized spacial score (nSPS) is 15.3. The molecule has 0 fully saturated rings. The first-order chi connectivity index (χ1) is 10.1. The van der Waals surface area contributed by atoms with Gasteiger partial charge in [-0.1, -0.05) is 18.2 Å². The molecule has 0 bridgehead atoms. The van der Waals surface area contributed by atoms with E-state index >= 15 is 0 Å². The summed E-state index contributed by atoms with van der Waals surface area (Å²) < 4.78 is 18.7. The largest absolute Gasteiger partial charge is 0.504 e. The first kappa shape index (κ1) is 13.4. The molecule has 1 N–H and O–H groups in total. The molecule has 3 rings (SSSR count). The Morgan fingerprint density at radius 2 is 2.10 bits per heavy atom. The minimum Gasteiger partial charge on any atom is -0.504 e. The van der Waals surface area contributed by atoms with Crippen molar-refractivity contribution in [2.24, 2.45) is 0 Å². The van der Waals surface area contributed by atoms with Crippen LogP contribution in [-0.4, -0.2) is 18.0 Å². The van der Waals surface area contributed by atoms with Crippen LogP contribution in [0.3, 0.4) is 0 Å². The molecular formula is C17H13FO3. The highest BCUT2D eigenvalue weighted by atomic mass is 19.1. The number of hydrogen-bond donors (Lipinski definition) is 1. The van der Waals surface area contributed by atoms with Crippen LogP contribution in [0.4, 0.5) is 4.39 Å². The Bertz CT molecular complexity index is 763. The number of ketones is 1. The van der Waals surface area contributed by atoms with Crippen LogP contribution in [0, 0.1) is 5.82 Å². The molecule has 0 spiro atoms. The summed E-state index contributed by atoms with van der Waals surface area (Å²) in [6.07, 6.45) is 1.94. The van der Waals surface area contributed by atoms with Crippen LogP contribution in [0.15, 0.2) is 42.0 Å². The van der Waals surface area contributed by atoms with Crippen LogP contribution < -0.4 is 4.74 Å². The third kappa shape index (κ3) is 2.29. The number of Topliss-reactive ketones (excluding diaryl/α,β-unsaturated/α-hetero) is 1. The lowest BCUT2D eigenvalue weighted by molar-refractivity contribution is 0.104. The molecule has 0 aliphatic heterocycles. The van der Waals surface area contributed by atoms with Crippen molar-refractivity contribution in [1.82, 2.24) is 0 Å². The number of phenols is 1. The summed E-state index contributed by atoms with van der Waals surface area (Å²) in [5.74, 6) is -0.160. The van der Waals surface area contributed by atoms with Crippen molar-refractivity contribution in [1.29, 1.82) is 0 Å². The third-order valence-electron chi connectivity index (χ3n) is 3.57. The number of ether oxygens (including phenoxy) is 1. The van der Waals surface area contributed by atoms with Crippen molar-refractivity contribution >= 4 is 11.9 Å². The zero-order chi connectivity index (χ0) is 15.0. The molecule has 2 aromatic rings. The van der Waals surface area contributed by atoms with E-state index in [2.05, 4.69) is 0 Å². The average molecular weight is 284 g/mol. The Hall–Kier alpha value is -2.62. The summed E-state index contributed by atoms with van der Waals surface area (Å²) in [6, 6.07) is 9.39. The number of benzene rings is 2. The van der Waals surface area contributed by atoms with Gasteiger partial charge in [-0.05, 0) is 29.8 Å². The van der Waals surface area contributed by atoms with E-state index < -0.39 is 0 Å². The zero-order valence-corrected chi connectivity index (χ0v) is 11.4. The van der Waals surface area contributed by atoms with Gasteiger partial charge in [-0.15, -0.1) is 0 Å². The van der Waals surface area contributed by atoms with Crippen LogP contribution in [0.25, 0.3) is 6.08 Å². The van der Waals surface area contributed by atoms with Gasteiger partial charge in [0.25, 0.3) is 0 Å². The second-order valence-corrected chi connectivity index (χ2v) is 4.87. The van der Waals surface area contributed by atoms with Crippen molar-refractivity contribution in [3.05, 3.63) is 64.5 Å². The van der Waals surface area contributed by atoms with Crippen molar-refractivity contribution in [3.8, 4) is 11.5 Å². The molecule has 0 atom stereocenters. The van der Waals surface area contributed by atoms with E-state index in [1.165, 1.54) is 25.3 Å². The number of hydrogen-bond acceptors (Lipinski definition) is 3. The summed E-state index contributed by atoms with van der Waals surface area (Å²) in [4.78, 5) is 12.2. The molecule has 0 heterocycles. The number of rotatable bonds is 2. The smallest absolute Gasteiger partial charge is 0.189 e. The van der Waals surface area contributed by atoms with Gasteiger partial charge in [0.1, 0.15) is 5.82 Å². The molecular weight excluding hydrogens is 271 g/mol. The van der Waals surface area contributed by atoms with Crippen molar-refractivity contribution in [2.45, 2.75) is 6.42 Å². The minimum atomic E-state index is -0.359. The fourth-order valence-electron chi connectivity index (χ4n) is 2.51. The number of phenolic OH excluding ortho intramolecular Hbond substituents is 1. The number of halogens is 1. The van der Waals surface area contributed by atoms with Crippen LogP contribution in [-0.2, 0) is 6.42 Å².